The molecule has 58 valence electrons. The Labute approximate surface area is 62.3 Å². The third-order valence-electron chi connectivity index (χ3n) is 1.16. The first kappa shape index (κ1) is 9.40. The molecular weight excluding hydrogens is 126 g/mol. The molecule has 0 amide bonds. The van der Waals surface area contributed by atoms with Crippen LogP contribution in [0.25, 0.3) is 0 Å². The van der Waals surface area contributed by atoms with E-state index in [4.69, 9.17) is 5.11 Å². The van der Waals surface area contributed by atoms with Crippen LogP contribution in [0.15, 0.2) is 24.3 Å². The number of aliphatic hydroxyl groups is 1. The van der Waals surface area contributed by atoms with Crippen LogP contribution in [0.1, 0.15) is 6.42 Å². The Morgan fingerprint density at radius 3 is 2.90 bits per heavy atom. The molecule has 0 bridgehead atoms. The van der Waals surface area contributed by atoms with Gasteiger partial charge in [0.25, 0.3) is 0 Å². The third-order valence-corrected chi connectivity index (χ3v) is 1.16. The molecule has 0 aromatic carbocycles. The van der Waals surface area contributed by atoms with Gasteiger partial charge in [0, 0.05) is 0 Å². The SMILES string of the molecule is C=C(/C=C\CO)CCNC. The van der Waals surface area contributed by atoms with Crippen LogP contribution in [0.3, 0.4) is 0 Å². The normalized spacial score (nSPS) is 10.6. The first-order valence-corrected chi connectivity index (χ1v) is 3.41. The Kier molecular flexibility index (Phi) is 6.13. The Bertz CT molecular complexity index is 118. The maximum atomic E-state index is 8.40. The highest BCUT2D eigenvalue weighted by atomic mass is 16.2. The van der Waals surface area contributed by atoms with E-state index >= 15 is 0 Å². The lowest BCUT2D eigenvalue weighted by atomic mass is 10.2. The minimum atomic E-state index is 0.0958. The number of rotatable bonds is 5. The molecule has 0 saturated heterocycles. The van der Waals surface area contributed by atoms with Crippen molar-refractivity contribution in [2.45, 2.75) is 6.42 Å². The molecule has 0 atom stereocenters. The molecule has 0 unspecified atom stereocenters. The van der Waals surface area contributed by atoms with Crippen LogP contribution >= 0.6 is 0 Å². The molecule has 0 aromatic rings. The molecule has 0 aliphatic rings. The number of hydrogen-bond donors (Lipinski definition) is 2. The third kappa shape index (κ3) is 5.54. The van der Waals surface area contributed by atoms with Gasteiger partial charge in [0.05, 0.1) is 6.61 Å². The van der Waals surface area contributed by atoms with Crippen molar-refractivity contribution in [3.63, 3.8) is 0 Å². The van der Waals surface area contributed by atoms with E-state index in [9.17, 15) is 0 Å². The van der Waals surface area contributed by atoms with Crippen molar-refractivity contribution in [2.75, 3.05) is 20.2 Å². The van der Waals surface area contributed by atoms with Gasteiger partial charge in [-0.1, -0.05) is 24.3 Å². The molecule has 10 heavy (non-hydrogen) atoms. The van der Waals surface area contributed by atoms with Crippen LogP contribution in [-0.4, -0.2) is 25.3 Å². The summed E-state index contributed by atoms with van der Waals surface area (Å²) >= 11 is 0. The summed E-state index contributed by atoms with van der Waals surface area (Å²) in [5.41, 5.74) is 1.04. The fourth-order valence-electron chi connectivity index (χ4n) is 0.588. The van der Waals surface area contributed by atoms with Crippen molar-refractivity contribution in [1.82, 2.24) is 5.32 Å². The van der Waals surface area contributed by atoms with Gasteiger partial charge < -0.3 is 10.4 Å². The summed E-state index contributed by atoms with van der Waals surface area (Å²) in [4.78, 5) is 0. The van der Waals surface area contributed by atoms with Crippen LogP contribution in [-0.2, 0) is 0 Å². The van der Waals surface area contributed by atoms with Gasteiger partial charge in [0.15, 0.2) is 0 Å². The fraction of sp³-hybridized carbons (Fsp3) is 0.500. The largest absolute Gasteiger partial charge is 0.392 e. The summed E-state index contributed by atoms with van der Waals surface area (Å²) in [7, 11) is 1.91. The minimum Gasteiger partial charge on any atom is -0.392 e. The summed E-state index contributed by atoms with van der Waals surface area (Å²) in [6, 6.07) is 0. The van der Waals surface area contributed by atoms with E-state index in [1.807, 2.05) is 13.1 Å². The van der Waals surface area contributed by atoms with Crippen molar-refractivity contribution in [2.24, 2.45) is 0 Å². The van der Waals surface area contributed by atoms with Crippen LogP contribution in [0.4, 0.5) is 0 Å². The van der Waals surface area contributed by atoms with Crippen LogP contribution in [0.2, 0.25) is 0 Å². The van der Waals surface area contributed by atoms with Crippen molar-refractivity contribution >= 4 is 0 Å². The summed E-state index contributed by atoms with van der Waals surface area (Å²) in [6.45, 7) is 4.83. The molecule has 2 N–H and O–H groups in total. The lowest BCUT2D eigenvalue weighted by Gasteiger charge is -1.97. The Morgan fingerprint density at radius 1 is 1.70 bits per heavy atom. The monoisotopic (exact) mass is 141 g/mol. The molecule has 2 heteroatoms. The minimum absolute atomic E-state index is 0.0958. The fourth-order valence-corrected chi connectivity index (χ4v) is 0.588. The molecule has 0 aliphatic heterocycles. The van der Waals surface area contributed by atoms with Gasteiger partial charge in [-0.15, -0.1) is 0 Å². The van der Waals surface area contributed by atoms with E-state index in [0.717, 1.165) is 18.5 Å². The van der Waals surface area contributed by atoms with Crippen molar-refractivity contribution in [3.8, 4) is 0 Å². The Balaban J connectivity index is 3.34. The zero-order valence-electron chi connectivity index (χ0n) is 6.43. The molecule has 0 aliphatic carbocycles. The average Bonchev–Trinajstić information content (AvgIpc) is 1.97. The maximum Gasteiger partial charge on any atom is 0.0615 e. The Hall–Kier alpha value is -0.600. The smallest absolute Gasteiger partial charge is 0.0615 e. The van der Waals surface area contributed by atoms with Crippen molar-refractivity contribution < 1.29 is 5.11 Å². The van der Waals surface area contributed by atoms with E-state index in [1.165, 1.54) is 0 Å². The summed E-state index contributed by atoms with van der Waals surface area (Å²) in [6.07, 6.45) is 4.47. The maximum absolute atomic E-state index is 8.40. The Morgan fingerprint density at radius 2 is 2.40 bits per heavy atom. The summed E-state index contributed by atoms with van der Waals surface area (Å²) in [5.74, 6) is 0. The first-order valence-electron chi connectivity index (χ1n) is 3.41. The highest BCUT2D eigenvalue weighted by molar-refractivity contribution is 5.14. The van der Waals surface area contributed by atoms with E-state index < -0.39 is 0 Å². The van der Waals surface area contributed by atoms with E-state index in [1.54, 1.807) is 6.08 Å². The lowest BCUT2D eigenvalue weighted by molar-refractivity contribution is 0.342. The molecule has 0 aromatic heterocycles. The number of hydrogen-bond acceptors (Lipinski definition) is 2. The quantitative estimate of drug-likeness (QED) is 0.552. The predicted octanol–water partition coefficient (Wildman–Crippen LogP) is 0.701. The van der Waals surface area contributed by atoms with Gasteiger partial charge in [-0.25, -0.2) is 0 Å². The van der Waals surface area contributed by atoms with Gasteiger partial charge in [-0.3, -0.25) is 0 Å². The van der Waals surface area contributed by atoms with E-state index in [2.05, 4.69) is 11.9 Å². The van der Waals surface area contributed by atoms with Crippen LogP contribution in [0, 0.1) is 0 Å². The zero-order chi connectivity index (χ0) is 7.82. The zero-order valence-corrected chi connectivity index (χ0v) is 6.43. The summed E-state index contributed by atoms with van der Waals surface area (Å²) in [5, 5.41) is 11.4. The molecule has 0 heterocycles. The van der Waals surface area contributed by atoms with Gasteiger partial charge in [0.1, 0.15) is 0 Å². The van der Waals surface area contributed by atoms with E-state index in [0.29, 0.717) is 0 Å². The van der Waals surface area contributed by atoms with Crippen molar-refractivity contribution in [1.29, 1.82) is 0 Å². The molecular formula is C8H15NO. The number of allylic oxidation sites excluding steroid dienone is 1. The average molecular weight is 141 g/mol. The lowest BCUT2D eigenvalue weighted by Crippen LogP contribution is -2.07. The van der Waals surface area contributed by atoms with Crippen molar-refractivity contribution in [3.05, 3.63) is 24.3 Å². The number of aliphatic hydroxyl groups excluding tert-OH is 1. The molecule has 0 saturated carbocycles. The van der Waals surface area contributed by atoms with Crippen LogP contribution in [0.5, 0.6) is 0 Å². The molecule has 0 radical (unpaired) electrons. The van der Waals surface area contributed by atoms with Gasteiger partial charge in [-0.2, -0.15) is 0 Å². The number of nitrogens with one attached hydrogen (secondary N) is 1. The summed E-state index contributed by atoms with van der Waals surface area (Å²) < 4.78 is 0. The standard InChI is InChI=1S/C8H15NO/c1-8(4-3-7-10)5-6-9-2/h3-4,9-10H,1,5-7H2,2H3/b4-3-. The predicted molar refractivity (Wildman–Crippen MR) is 43.9 cm³/mol. The van der Waals surface area contributed by atoms with E-state index in [-0.39, 0.29) is 6.61 Å². The van der Waals surface area contributed by atoms with Gasteiger partial charge in [0.2, 0.25) is 0 Å². The molecule has 0 fully saturated rings. The topological polar surface area (TPSA) is 32.3 Å². The second-order valence-electron chi connectivity index (χ2n) is 2.10. The second kappa shape index (κ2) is 6.52. The highest BCUT2D eigenvalue weighted by Crippen LogP contribution is 1.96. The molecule has 0 spiro atoms. The first-order chi connectivity index (χ1) is 4.81. The van der Waals surface area contributed by atoms with Gasteiger partial charge in [-0.05, 0) is 20.0 Å². The molecule has 0 rings (SSSR count). The van der Waals surface area contributed by atoms with Crippen LogP contribution < -0.4 is 5.32 Å². The highest BCUT2D eigenvalue weighted by Gasteiger charge is 1.85. The van der Waals surface area contributed by atoms with Gasteiger partial charge >= 0.3 is 0 Å². The molecule has 2 nitrogen and oxygen atoms in total. The second-order valence-corrected chi connectivity index (χ2v) is 2.10.